The van der Waals surface area contributed by atoms with Crippen molar-refractivity contribution in [2.75, 3.05) is 77.7 Å². The molecular weight excluding hydrogens is 869 g/mol. The molecule has 2 unspecified atom stereocenters. The molecule has 8 heterocycles. The lowest BCUT2D eigenvalue weighted by molar-refractivity contribution is -0.155. The zero-order valence-electron chi connectivity index (χ0n) is 40.1. The molecule has 10 rings (SSSR count). The molecule has 360 valence electrons. The fraction of sp³-hybridized carbons (Fsp3) is 0.627. The number of carbonyl (C=O) groups is 3. The number of nitrogens with zero attached hydrogens (tertiary/aromatic N) is 6. The number of esters is 1. The van der Waals surface area contributed by atoms with Gasteiger partial charge in [0.15, 0.2) is 0 Å². The Morgan fingerprint density at radius 1 is 1.06 bits per heavy atom. The van der Waals surface area contributed by atoms with Crippen molar-refractivity contribution < 1.29 is 33.3 Å². The Morgan fingerprint density at radius 2 is 1.88 bits per heavy atom. The maximum Gasteiger partial charge on any atom is 0.324 e. The summed E-state index contributed by atoms with van der Waals surface area (Å²) in [5, 5.41) is 8.65. The average molecular weight is 937 g/mol. The molecule has 7 atom stereocenters. The van der Waals surface area contributed by atoms with Gasteiger partial charge < -0.3 is 33.7 Å². The monoisotopic (exact) mass is 936 g/mol. The van der Waals surface area contributed by atoms with Gasteiger partial charge in [-0.25, -0.2) is 10.4 Å². The number of anilines is 1. The Kier molecular flexibility index (Phi) is 13.2. The van der Waals surface area contributed by atoms with Gasteiger partial charge in [0.25, 0.3) is 5.91 Å². The Morgan fingerprint density at radius 3 is 2.64 bits per heavy atom. The van der Waals surface area contributed by atoms with E-state index in [-0.39, 0.29) is 60.8 Å². The van der Waals surface area contributed by atoms with E-state index in [4.69, 9.17) is 28.9 Å². The van der Waals surface area contributed by atoms with Gasteiger partial charge in [0, 0.05) is 99.2 Å². The molecule has 67 heavy (non-hydrogen) atoms. The number of rotatable bonds is 10. The number of amides is 2. The molecule has 2 N–H and O–H groups in total. The van der Waals surface area contributed by atoms with E-state index in [0.717, 1.165) is 116 Å². The van der Waals surface area contributed by atoms with Crippen LogP contribution in [0.3, 0.4) is 0 Å². The third kappa shape index (κ3) is 9.50. The summed E-state index contributed by atoms with van der Waals surface area (Å²) >= 11 is 1.51. The van der Waals surface area contributed by atoms with Crippen molar-refractivity contribution >= 4 is 45.7 Å². The highest BCUT2D eigenvalue weighted by atomic mass is 32.1. The normalized spacial score (nSPS) is 27.2. The number of piperazine rings is 1. The lowest BCUT2D eigenvalue weighted by Crippen LogP contribution is -2.60. The standard InChI is InChI=1S/C51H68N8O7S/c1-30-31(2)44(30)48(60)54-41-24-43-53-42(28-67-43)34-21-33-9-7-12-58-46(33)37(22-34)39(25-51(4,5)29-66-50(62)40-10-8-13-59(55-40)49(41)61)47(58)38-23-35(26-52-45(38)32(3)63-6)57-16-14-56(15-17-57)18-20-65-36-11-19-64-27-36/h21-23,26,28,30-32,36,40-41,44,55H,7-20,24-25,27,29H2,1-6H3,(H,54,60)/t30-,31+,32-,36?,40-,41-,44?/m0/s1. The molecule has 1 saturated carbocycles. The quantitative estimate of drug-likeness (QED) is 0.181. The molecule has 3 aromatic heterocycles. The van der Waals surface area contributed by atoms with Gasteiger partial charge in [0.1, 0.15) is 12.1 Å². The molecule has 1 aromatic carbocycles. The molecule has 4 fully saturated rings. The molecule has 6 bridgehead atoms. The van der Waals surface area contributed by atoms with Gasteiger partial charge >= 0.3 is 5.97 Å². The van der Waals surface area contributed by atoms with E-state index in [1.807, 2.05) is 6.20 Å². The van der Waals surface area contributed by atoms with Crippen LogP contribution in [0.15, 0.2) is 29.8 Å². The van der Waals surface area contributed by atoms with Crippen LogP contribution in [0.2, 0.25) is 0 Å². The summed E-state index contributed by atoms with van der Waals surface area (Å²) in [7, 11) is 1.75. The molecule has 5 aliphatic heterocycles. The fourth-order valence-corrected chi connectivity index (χ4v) is 12.0. The smallest absolute Gasteiger partial charge is 0.324 e. The maximum atomic E-state index is 14.3. The Labute approximate surface area is 398 Å². The molecule has 0 radical (unpaired) electrons. The van der Waals surface area contributed by atoms with E-state index < -0.39 is 17.5 Å². The molecule has 16 heteroatoms. The fourth-order valence-electron chi connectivity index (χ4n) is 11.1. The zero-order chi connectivity index (χ0) is 46.6. The van der Waals surface area contributed by atoms with Crippen LogP contribution in [-0.2, 0) is 59.1 Å². The van der Waals surface area contributed by atoms with E-state index in [2.05, 4.69) is 83.3 Å². The third-order valence-corrected chi connectivity index (χ3v) is 16.3. The van der Waals surface area contributed by atoms with E-state index in [9.17, 15) is 14.4 Å². The van der Waals surface area contributed by atoms with Gasteiger partial charge in [0.2, 0.25) is 5.91 Å². The largest absolute Gasteiger partial charge is 0.464 e. The number of thiazole rings is 1. The lowest BCUT2D eigenvalue weighted by atomic mass is 9.84. The summed E-state index contributed by atoms with van der Waals surface area (Å²) in [6.07, 6.45) is 6.91. The van der Waals surface area contributed by atoms with Crippen LogP contribution in [0, 0.1) is 23.2 Å². The van der Waals surface area contributed by atoms with Crippen LogP contribution in [-0.4, -0.2) is 133 Å². The molecule has 2 amide bonds. The second kappa shape index (κ2) is 19.2. The van der Waals surface area contributed by atoms with E-state index in [1.165, 1.54) is 33.0 Å². The van der Waals surface area contributed by atoms with Gasteiger partial charge in [-0.05, 0) is 86.6 Å². The molecule has 3 saturated heterocycles. The van der Waals surface area contributed by atoms with Crippen molar-refractivity contribution in [2.45, 2.75) is 110 Å². The first-order valence-electron chi connectivity index (χ1n) is 24.7. The Bertz CT molecular complexity index is 2480. The minimum atomic E-state index is -0.841. The predicted molar refractivity (Wildman–Crippen MR) is 258 cm³/mol. The van der Waals surface area contributed by atoms with Gasteiger partial charge in [0.05, 0.1) is 71.5 Å². The molecule has 1 aliphatic carbocycles. The summed E-state index contributed by atoms with van der Waals surface area (Å²) < 4.78 is 26.4. The second-order valence-electron chi connectivity index (χ2n) is 20.7. The number of hydrogen-bond donors (Lipinski definition) is 2. The summed E-state index contributed by atoms with van der Waals surface area (Å²) in [5.41, 5.74) is 12.5. The number of aryl methyl sites for hydroxylation is 2. The number of ether oxygens (including phenoxy) is 4. The summed E-state index contributed by atoms with van der Waals surface area (Å²) in [6, 6.07) is 5.40. The summed E-state index contributed by atoms with van der Waals surface area (Å²) in [6.45, 7) is 18.8. The number of fused-ring (bicyclic) bond motifs is 6. The van der Waals surface area contributed by atoms with Gasteiger partial charge in [-0.2, -0.15) is 0 Å². The molecule has 0 spiro atoms. The van der Waals surface area contributed by atoms with Crippen molar-refractivity contribution in [3.8, 4) is 22.5 Å². The molecule has 15 nitrogen and oxygen atoms in total. The van der Waals surface area contributed by atoms with Crippen LogP contribution in [0.25, 0.3) is 33.4 Å². The van der Waals surface area contributed by atoms with Crippen molar-refractivity contribution in [2.24, 2.45) is 23.2 Å². The average Bonchev–Trinajstić information content (AvgIpc) is 3.82. The first kappa shape index (κ1) is 46.3. The molecule has 6 aliphatic rings. The van der Waals surface area contributed by atoms with Crippen molar-refractivity contribution in [1.29, 1.82) is 0 Å². The van der Waals surface area contributed by atoms with E-state index in [0.29, 0.717) is 32.4 Å². The number of hydrazine groups is 1. The van der Waals surface area contributed by atoms with E-state index in [1.54, 1.807) is 7.11 Å². The van der Waals surface area contributed by atoms with Crippen molar-refractivity contribution in [1.82, 2.24) is 35.2 Å². The van der Waals surface area contributed by atoms with Gasteiger partial charge in [-0.1, -0.05) is 27.7 Å². The highest BCUT2D eigenvalue weighted by Gasteiger charge is 2.49. The predicted octanol–water partition coefficient (Wildman–Crippen LogP) is 5.96. The number of cyclic esters (lactones) is 1. The zero-order valence-corrected chi connectivity index (χ0v) is 40.9. The summed E-state index contributed by atoms with van der Waals surface area (Å²) in [5.74, 6) is -0.362. The van der Waals surface area contributed by atoms with Crippen molar-refractivity contribution in [3.63, 3.8) is 0 Å². The topological polar surface area (TPSA) is 153 Å². The minimum Gasteiger partial charge on any atom is -0.464 e. The highest BCUT2D eigenvalue weighted by molar-refractivity contribution is 7.10. The number of nitrogens with one attached hydrogen (secondary N) is 2. The highest BCUT2D eigenvalue weighted by Crippen LogP contribution is 2.47. The number of aromatic nitrogens is 3. The van der Waals surface area contributed by atoms with Gasteiger partial charge in [-0.15, -0.1) is 11.3 Å². The number of methoxy groups -OCH3 is 1. The van der Waals surface area contributed by atoms with Gasteiger partial charge in [-0.3, -0.25) is 29.3 Å². The van der Waals surface area contributed by atoms with Crippen molar-refractivity contribution in [3.05, 3.63) is 51.6 Å². The van der Waals surface area contributed by atoms with Crippen LogP contribution in [0.4, 0.5) is 5.69 Å². The van der Waals surface area contributed by atoms with Crippen LogP contribution >= 0.6 is 11.3 Å². The SMILES string of the molecule is CO[C@@H](C)c1ncc(N2CCN(CCOC3CCOC3)CC2)cc1-c1c2c3cc(cc4c3n1CCC4)-c1csc(n1)C[C@H](NC(=O)C1[C@@H](C)[C@H]1C)C(=O)N1CCC[C@H](N1)C(=O)OCC(C)(C)C2. The number of benzene rings is 1. The minimum absolute atomic E-state index is 0.108. The van der Waals surface area contributed by atoms with Crippen LogP contribution in [0.1, 0.15) is 88.2 Å². The summed E-state index contributed by atoms with van der Waals surface area (Å²) in [4.78, 5) is 57.2. The maximum absolute atomic E-state index is 14.3. The van der Waals surface area contributed by atoms with Crippen LogP contribution in [0.5, 0.6) is 0 Å². The first-order valence-corrected chi connectivity index (χ1v) is 25.6. The lowest BCUT2D eigenvalue weighted by Gasteiger charge is -2.36. The Balaban J connectivity index is 1.03. The van der Waals surface area contributed by atoms with E-state index >= 15 is 0 Å². The third-order valence-electron chi connectivity index (χ3n) is 15.4. The number of pyridine rings is 1. The molecular formula is C51H68N8O7S. The first-order chi connectivity index (χ1) is 32.4. The number of hydrogen-bond acceptors (Lipinski definition) is 13. The Hall–Kier alpha value is -4.45. The second-order valence-corrected chi connectivity index (χ2v) is 21.6. The number of carbonyl (C=O) groups excluding carboxylic acids is 3. The molecule has 4 aromatic rings. The van der Waals surface area contributed by atoms with Crippen LogP contribution < -0.4 is 15.6 Å².